The lowest BCUT2D eigenvalue weighted by atomic mass is 10.0. The van der Waals surface area contributed by atoms with Crippen molar-refractivity contribution < 1.29 is 0 Å². The Kier molecular flexibility index (Phi) is 3.74. The summed E-state index contributed by atoms with van der Waals surface area (Å²) >= 11 is 0. The van der Waals surface area contributed by atoms with E-state index in [0.717, 1.165) is 6.54 Å². The van der Waals surface area contributed by atoms with Crippen molar-refractivity contribution in [1.29, 1.82) is 5.26 Å². The van der Waals surface area contributed by atoms with Crippen LogP contribution < -0.4 is 4.90 Å². The van der Waals surface area contributed by atoms with Crippen LogP contribution in [0.1, 0.15) is 23.1 Å². The Balaban J connectivity index is 2.94. The molecule has 0 saturated carbocycles. The van der Waals surface area contributed by atoms with Crippen LogP contribution in [0.2, 0.25) is 0 Å². The molecule has 0 fully saturated rings. The number of aryl methyl sites for hydroxylation is 3. The fraction of sp³-hybridized carbons (Fsp3) is 0.462. The first-order valence-electron chi connectivity index (χ1n) is 5.22. The van der Waals surface area contributed by atoms with Crippen molar-refractivity contribution in [3.05, 3.63) is 28.8 Å². The molecule has 2 heteroatoms. The van der Waals surface area contributed by atoms with Crippen LogP contribution in [0.4, 0.5) is 5.69 Å². The minimum atomic E-state index is 0.572. The van der Waals surface area contributed by atoms with Gasteiger partial charge in [-0.15, -0.1) is 0 Å². The molecule has 1 aromatic carbocycles. The molecule has 0 radical (unpaired) electrons. The highest BCUT2D eigenvalue weighted by Crippen LogP contribution is 2.23. The van der Waals surface area contributed by atoms with Gasteiger partial charge in [-0.05, 0) is 43.5 Å². The number of nitrogens with zero attached hydrogens (tertiary/aromatic N) is 2. The molecule has 0 atom stereocenters. The molecule has 1 rings (SSSR count). The van der Waals surface area contributed by atoms with Crippen molar-refractivity contribution >= 4 is 5.69 Å². The lowest BCUT2D eigenvalue weighted by Crippen LogP contribution is -2.19. The van der Waals surface area contributed by atoms with Crippen molar-refractivity contribution in [3.8, 4) is 6.07 Å². The molecule has 0 aromatic heterocycles. The van der Waals surface area contributed by atoms with Gasteiger partial charge < -0.3 is 4.90 Å². The number of benzene rings is 1. The van der Waals surface area contributed by atoms with E-state index in [-0.39, 0.29) is 0 Å². The summed E-state index contributed by atoms with van der Waals surface area (Å²) in [5.41, 5.74) is 5.14. The van der Waals surface area contributed by atoms with E-state index in [1.165, 1.54) is 22.4 Å². The van der Waals surface area contributed by atoms with Gasteiger partial charge in [0.25, 0.3) is 0 Å². The fourth-order valence-corrected chi connectivity index (χ4v) is 1.69. The summed E-state index contributed by atoms with van der Waals surface area (Å²) in [5.74, 6) is 0. The molecule has 0 bridgehead atoms. The molecule has 0 N–H and O–H groups in total. The molecule has 0 heterocycles. The molecular formula is C13H18N2. The predicted octanol–water partition coefficient (Wildman–Crippen LogP) is 2.96. The SMILES string of the molecule is Cc1cc(C)c(N(C)CCC#N)cc1C. The minimum absolute atomic E-state index is 0.572. The quantitative estimate of drug-likeness (QED) is 0.753. The monoisotopic (exact) mass is 202 g/mol. The van der Waals surface area contributed by atoms with E-state index in [1.807, 2.05) is 7.05 Å². The molecule has 0 unspecified atom stereocenters. The smallest absolute Gasteiger partial charge is 0.0640 e. The topological polar surface area (TPSA) is 27.0 Å². The van der Waals surface area contributed by atoms with Crippen LogP contribution in [0.25, 0.3) is 0 Å². The van der Waals surface area contributed by atoms with Crippen LogP contribution in [0.15, 0.2) is 12.1 Å². The average molecular weight is 202 g/mol. The minimum Gasteiger partial charge on any atom is -0.373 e. The van der Waals surface area contributed by atoms with Gasteiger partial charge in [0, 0.05) is 19.3 Å². The zero-order chi connectivity index (χ0) is 11.4. The van der Waals surface area contributed by atoms with Gasteiger partial charge in [0.15, 0.2) is 0 Å². The van der Waals surface area contributed by atoms with E-state index in [2.05, 4.69) is 43.9 Å². The summed E-state index contributed by atoms with van der Waals surface area (Å²) in [4.78, 5) is 2.14. The Morgan fingerprint density at radius 1 is 1.13 bits per heavy atom. The highest BCUT2D eigenvalue weighted by molar-refractivity contribution is 5.56. The Labute approximate surface area is 92.1 Å². The summed E-state index contributed by atoms with van der Waals surface area (Å²) in [7, 11) is 2.04. The largest absolute Gasteiger partial charge is 0.373 e. The van der Waals surface area contributed by atoms with Crippen LogP contribution in [0.3, 0.4) is 0 Å². The van der Waals surface area contributed by atoms with E-state index in [0.29, 0.717) is 6.42 Å². The zero-order valence-electron chi connectivity index (χ0n) is 9.96. The second-order valence-electron chi connectivity index (χ2n) is 4.05. The number of anilines is 1. The van der Waals surface area contributed by atoms with Gasteiger partial charge in [0.1, 0.15) is 0 Å². The number of hydrogen-bond acceptors (Lipinski definition) is 2. The van der Waals surface area contributed by atoms with Gasteiger partial charge in [-0.25, -0.2) is 0 Å². The second-order valence-corrected chi connectivity index (χ2v) is 4.05. The Morgan fingerprint density at radius 2 is 1.73 bits per heavy atom. The molecule has 1 aromatic rings. The Morgan fingerprint density at radius 3 is 2.33 bits per heavy atom. The van der Waals surface area contributed by atoms with Gasteiger partial charge in [0.05, 0.1) is 12.5 Å². The number of hydrogen-bond donors (Lipinski definition) is 0. The van der Waals surface area contributed by atoms with Crippen molar-refractivity contribution in [3.63, 3.8) is 0 Å². The fourth-order valence-electron chi connectivity index (χ4n) is 1.69. The highest BCUT2D eigenvalue weighted by atomic mass is 15.1. The molecule has 0 aliphatic heterocycles. The Hall–Kier alpha value is -1.49. The van der Waals surface area contributed by atoms with Crippen molar-refractivity contribution in [2.45, 2.75) is 27.2 Å². The van der Waals surface area contributed by atoms with Crippen LogP contribution in [-0.2, 0) is 0 Å². The maximum absolute atomic E-state index is 8.55. The summed E-state index contributed by atoms with van der Waals surface area (Å²) in [6.07, 6.45) is 0.572. The van der Waals surface area contributed by atoms with Crippen LogP contribution >= 0.6 is 0 Å². The molecule has 0 amide bonds. The van der Waals surface area contributed by atoms with E-state index in [4.69, 9.17) is 5.26 Å². The summed E-state index contributed by atoms with van der Waals surface area (Å²) < 4.78 is 0. The molecule has 0 aliphatic carbocycles. The molecule has 2 nitrogen and oxygen atoms in total. The highest BCUT2D eigenvalue weighted by Gasteiger charge is 2.06. The van der Waals surface area contributed by atoms with Crippen molar-refractivity contribution in [1.82, 2.24) is 0 Å². The van der Waals surface area contributed by atoms with E-state index in [9.17, 15) is 0 Å². The molecular weight excluding hydrogens is 184 g/mol. The first kappa shape index (κ1) is 11.6. The first-order valence-corrected chi connectivity index (χ1v) is 5.22. The molecule has 15 heavy (non-hydrogen) atoms. The summed E-state index contributed by atoms with van der Waals surface area (Å²) in [5, 5.41) is 8.55. The van der Waals surface area contributed by atoms with Crippen molar-refractivity contribution in [2.75, 3.05) is 18.5 Å². The maximum atomic E-state index is 8.55. The maximum Gasteiger partial charge on any atom is 0.0640 e. The van der Waals surface area contributed by atoms with E-state index < -0.39 is 0 Å². The van der Waals surface area contributed by atoms with Gasteiger partial charge in [-0.3, -0.25) is 0 Å². The lowest BCUT2D eigenvalue weighted by molar-refractivity contribution is 0.899. The van der Waals surface area contributed by atoms with E-state index >= 15 is 0 Å². The van der Waals surface area contributed by atoms with Gasteiger partial charge in [-0.1, -0.05) is 6.07 Å². The van der Waals surface area contributed by atoms with Gasteiger partial charge >= 0.3 is 0 Å². The molecule has 0 spiro atoms. The lowest BCUT2D eigenvalue weighted by Gasteiger charge is -2.21. The third-order valence-corrected chi connectivity index (χ3v) is 2.78. The van der Waals surface area contributed by atoms with Crippen LogP contribution in [0, 0.1) is 32.1 Å². The zero-order valence-corrected chi connectivity index (χ0v) is 9.96. The van der Waals surface area contributed by atoms with Crippen molar-refractivity contribution in [2.24, 2.45) is 0 Å². The number of rotatable bonds is 3. The van der Waals surface area contributed by atoms with Gasteiger partial charge in [-0.2, -0.15) is 5.26 Å². The standard InChI is InChI=1S/C13H18N2/c1-10-8-12(3)13(9-11(10)2)15(4)7-5-6-14/h8-9H,5,7H2,1-4H3. The third kappa shape index (κ3) is 2.73. The first-order chi connectivity index (χ1) is 7.06. The second kappa shape index (κ2) is 4.84. The molecule has 0 aliphatic rings. The Bertz CT molecular complexity index is 388. The molecule has 80 valence electrons. The number of nitriles is 1. The van der Waals surface area contributed by atoms with Crippen LogP contribution in [-0.4, -0.2) is 13.6 Å². The third-order valence-electron chi connectivity index (χ3n) is 2.78. The normalized spacial score (nSPS) is 9.80. The van der Waals surface area contributed by atoms with E-state index in [1.54, 1.807) is 0 Å². The average Bonchev–Trinajstić information content (AvgIpc) is 2.20. The summed E-state index contributed by atoms with van der Waals surface area (Å²) in [6, 6.07) is 6.57. The molecule has 0 saturated heterocycles. The van der Waals surface area contributed by atoms with Gasteiger partial charge in [0.2, 0.25) is 0 Å². The summed E-state index contributed by atoms with van der Waals surface area (Å²) in [6.45, 7) is 7.16. The van der Waals surface area contributed by atoms with Crippen LogP contribution in [0.5, 0.6) is 0 Å². The predicted molar refractivity (Wildman–Crippen MR) is 64.2 cm³/mol.